The fourth-order valence-corrected chi connectivity index (χ4v) is 1.70. The highest BCUT2D eigenvalue weighted by molar-refractivity contribution is 5.92. The summed E-state index contributed by atoms with van der Waals surface area (Å²) in [6, 6.07) is 6.22. The maximum atomic E-state index is 11.7. The molecule has 0 aliphatic rings. The molecule has 0 fully saturated rings. The van der Waals surface area contributed by atoms with E-state index in [1.807, 2.05) is 6.92 Å². The van der Waals surface area contributed by atoms with Crippen LogP contribution in [0.25, 0.3) is 0 Å². The van der Waals surface area contributed by atoms with E-state index in [2.05, 4.69) is 10.6 Å². The number of amides is 1. The summed E-state index contributed by atoms with van der Waals surface area (Å²) < 4.78 is 5.02. The van der Waals surface area contributed by atoms with Crippen LogP contribution < -0.4 is 15.4 Å². The Morgan fingerprint density at radius 2 is 1.95 bits per heavy atom. The monoisotopic (exact) mass is 280 g/mol. The van der Waals surface area contributed by atoms with Gasteiger partial charge in [-0.3, -0.25) is 14.9 Å². The lowest BCUT2D eigenvalue weighted by Crippen LogP contribution is -2.41. The van der Waals surface area contributed by atoms with Crippen molar-refractivity contribution >= 4 is 17.6 Å². The molecule has 3 N–H and O–H groups in total. The van der Waals surface area contributed by atoms with Gasteiger partial charge in [0.1, 0.15) is 11.8 Å². The summed E-state index contributed by atoms with van der Waals surface area (Å²) in [5.74, 6) is -0.517. The van der Waals surface area contributed by atoms with Gasteiger partial charge in [0.25, 0.3) is 0 Å². The fraction of sp³-hybridized carbons (Fsp3) is 0.429. The zero-order valence-electron chi connectivity index (χ0n) is 11.7. The summed E-state index contributed by atoms with van der Waals surface area (Å²) in [6.07, 6.45) is 1.23. The van der Waals surface area contributed by atoms with Gasteiger partial charge in [0, 0.05) is 5.69 Å². The van der Waals surface area contributed by atoms with Gasteiger partial charge in [-0.25, -0.2) is 0 Å². The minimum absolute atomic E-state index is 0.0387. The molecule has 0 radical (unpaired) electrons. The molecular weight excluding hydrogens is 260 g/mol. The number of anilines is 1. The van der Waals surface area contributed by atoms with Crippen LogP contribution in [0.3, 0.4) is 0 Å². The van der Waals surface area contributed by atoms with Crippen molar-refractivity contribution in [2.45, 2.75) is 25.8 Å². The van der Waals surface area contributed by atoms with Crippen LogP contribution in [-0.4, -0.2) is 36.7 Å². The molecule has 0 aliphatic heterocycles. The highest BCUT2D eigenvalue weighted by Crippen LogP contribution is 2.14. The largest absolute Gasteiger partial charge is 0.497 e. The van der Waals surface area contributed by atoms with E-state index in [9.17, 15) is 9.59 Å². The van der Waals surface area contributed by atoms with Crippen molar-refractivity contribution in [1.82, 2.24) is 5.32 Å². The van der Waals surface area contributed by atoms with E-state index in [0.29, 0.717) is 17.9 Å². The number of carbonyl (C=O) groups is 2. The Labute approximate surface area is 118 Å². The van der Waals surface area contributed by atoms with E-state index in [4.69, 9.17) is 9.84 Å². The molecular formula is C14H20N2O4. The third kappa shape index (κ3) is 5.27. The molecule has 1 unspecified atom stereocenters. The van der Waals surface area contributed by atoms with E-state index in [0.717, 1.165) is 6.42 Å². The first-order chi connectivity index (χ1) is 9.56. The summed E-state index contributed by atoms with van der Waals surface area (Å²) >= 11 is 0. The van der Waals surface area contributed by atoms with Crippen molar-refractivity contribution in [2.24, 2.45) is 0 Å². The van der Waals surface area contributed by atoms with Crippen molar-refractivity contribution in [2.75, 3.05) is 19.0 Å². The molecule has 0 aliphatic carbocycles. The lowest BCUT2D eigenvalue weighted by atomic mass is 10.2. The molecule has 1 aromatic rings. The van der Waals surface area contributed by atoms with Crippen LogP contribution in [0.1, 0.15) is 19.8 Å². The molecule has 20 heavy (non-hydrogen) atoms. The van der Waals surface area contributed by atoms with Crippen LogP contribution in [-0.2, 0) is 9.59 Å². The molecule has 110 valence electrons. The number of benzene rings is 1. The second kappa shape index (κ2) is 8.16. The minimum Gasteiger partial charge on any atom is -0.497 e. The van der Waals surface area contributed by atoms with Gasteiger partial charge in [-0.2, -0.15) is 0 Å². The summed E-state index contributed by atoms with van der Waals surface area (Å²) in [5, 5.41) is 14.4. The van der Waals surface area contributed by atoms with Gasteiger partial charge in [-0.15, -0.1) is 0 Å². The Bertz CT molecular complexity index is 445. The van der Waals surface area contributed by atoms with Crippen molar-refractivity contribution in [3.63, 3.8) is 0 Å². The second-order valence-corrected chi connectivity index (χ2v) is 4.34. The number of ether oxygens (including phenoxy) is 1. The Kier molecular flexibility index (Phi) is 6.52. The molecule has 6 nitrogen and oxygen atoms in total. The lowest BCUT2D eigenvalue weighted by molar-refractivity contribution is -0.139. The summed E-state index contributed by atoms with van der Waals surface area (Å²) in [4.78, 5) is 22.6. The van der Waals surface area contributed by atoms with Gasteiger partial charge < -0.3 is 15.2 Å². The van der Waals surface area contributed by atoms with Crippen LogP contribution in [0.15, 0.2) is 24.3 Å². The topological polar surface area (TPSA) is 87.7 Å². The third-order valence-electron chi connectivity index (χ3n) is 2.76. The number of nitrogens with one attached hydrogen (secondary N) is 2. The molecule has 0 saturated heterocycles. The maximum absolute atomic E-state index is 11.7. The van der Waals surface area contributed by atoms with Crippen molar-refractivity contribution in [3.8, 4) is 5.75 Å². The molecule has 0 saturated carbocycles. The van der Waals surface area contributed by atoms with Gasteiger partial charge in [-0.1, -0.05) is 13.3 Å². The molecule has 1 aromatic carbocycles. The van der Waals surface area contributed by atoms with Crippen LogP contribution >= 0.6 is 0 Å². The van der Waals surface area contributed by atoms with E-state index in [1.54, 1.807) is 31.4 Å². The number of carboxylic acids is 1. The molecule has 1 rings (SSSR count). The number of hydrogen-bond donors (Lipinski definition) is 3. The molecule has 1 amide bonds. The van der Waals surface area contributed by atoms with Gasteiger partial charge >= 0.3 is 5.97 Å². The Morgan fingerprint density at radius 3 is 2.45 bits per heavy atom. The summed E-state index contributed by atoms with van der Waals surface area (Å²) in [6.45, 7) is 1.86. The van der Waals surface area contributed by atoms with Gasteiger partial charge in [0.05, 0.1) is 13.7 Å². The standard InChI is InChI=1S/C14H20N2O4/c1-3-4-12(14(18)19)15-9-13(17)16-10-5-7-11(20-2)8-6-10/h5-8,12,15H,3-4,9H2,1-2H3,(H,16,17)(H,18,19). The number of carboxylic acid groups (broad SMARTS) is 1. The number of methoxy groups -OCH3 is 1. The number of aliphatic carboxylic acids is 1. The molecule has 0 aromatic heterocycles. The predicted octanol–water partition coefficient (Wildman–Crippen LogP) is 1.48. The fourth-order valence-electron chi connectivity index (χ4n) is 1.70. The summed E-state index contributed by atoms with van der Waals surface area (Å²) in [5.41, 5.74) is 0.639. The average Bonchev–Trinajstić information content (AvgIpc) is 2.44. The normalized spacial score (nSPS) is 11.7. The SMILES string of the molecule is CCCC(NCC(=O)Nc1ccc(OC)cc1)C(=O)O. The first-order valence-corrected chi connectivity index (χ1v) is 6.47. The van der Waals surface area contributed by atoms with Gasteiger partial charge in [0.2, 0.25) is 5.91 Å². The molecule has 1 atom stereocenters. The van der Waals surface area contributed by atoms with E-state index in [-0.39, 0.29) is 12.5 Å². The van der Waals surface area contributed by atoms with Gasteiger partial charge in [-0.05, 0) is 30.7 Å². The number of hydrogen-bond acceptors (Lipinski definition) is 4. The maximum Gasteiger partial charge on any atom is 0.320 e. The smallest absolute Gasteiger partial charge is 0.320 e. The van der Waals surface area contributed by atoms with E-state index < -0.39 is 12.0 Å². The molecule has 0 spiro atoms. The zero-order chi connectivity index (χ0) is 15.0. The Hall–Kier alpha value is -2.08. The minimum atomic E-state index is -0.941. The highest BCUT2D eigenvalue weighted by atomic mass is 16.5. The zero-order valence-corrected chi connectivity index (χ0v) is 11.7. The first kappa shape index (κ1) is 16.0. The Balaban J connectivity index is 2.44. The second-order valence-electron chi connectivity index (χ2n) is 4.34. The first-order valence-electron chi connectivity index (χ1n) is 6.47. The third-order valence-corrected chi connectivity index (χ3v) is 2.76. The number of carbonyl (C=O) groups excluding carboxylic acids is 1. The summed E-state index contributed by atoms with van der Waals surface area (Å²) in [7, 11) is 1.57. The van der Waals surface area contributed by atoms with Crippen LogP contribution in [0.2, 0.25) is 0 Å². The van der Waals surface area contributed by atoms with Crippen molar-refractivity contribution in [3.05, 3.63) is 24.3 Å². The van der Waals surface area contributed by atoms with Crippen molar-refractivity contribution < 1.29 is 19.4 Å². The van der Waals surface area contributed by atoms with Crippen LogP contribution in [0, 0.1) is 0 Å². The van der Waals surface area contributed by atoms with E-state index >= 15 is 0 Å². The van der Waals surface area contributed by atoms with Crippen molar-refractivity contribution in [1.29, 1.82) is 0 Å². The predicted molar refractivity (Wildman–Crippen MR) is 76.0 cm³/mol. The number of rotatable bonds is 8. The van der Waals surface area contributed by atoms with Crippen LogP contribution in [0.4, 0.5) is 5.69 Å². The molecule has 6 heteroatoms. The molecule has 0 bridgehead atoms. The highest BCUT2D eigenvalue weighted by Gasteiger charge is 2.16. The molecule has 0 heterocycles. The average molecular weight is 280 g/mol. The van der Waals surface area contributed by atoms with E-state index in [1.165, 1.54) is 0 Å². The lowest BCUT2D eigenvalue weighted by Gasteiger charge is -2.13. The van der Waals surface area contributed by atoms with Crippen LogP contribution in [0.5, 0.6) is 5.75 Å². The Morgan fingerprint density at radius 1 is 1.30 bits per heavy atom. The van der Waals surface area contributed by atoms with Gasteiger partial charge in [0.15, 0.2) is 0 Å². The quantitative estimate of drug-likeness (QED) is 0.671.